The van der Waals surface area contributed by atoms with Crippen molar-refractivity contribution in [1.29, 1.82) is 0 Å². The molecule has 0 unspecified atom stereocenters. The highest BCUT2D eigenvalue weighted by Gasteiger charge is 2.24. The van der Waals surface area contributed by atoms with Crippen molar-refractivity contribution in [2.45, 2.75) is 19.9 Å². The zero-order valence-corrected chi connectivity index (χ0v) is 14.8. The van der Waals surface area contributed by atoms with E-state index < -0.39 is 0 Å². The van der Waals surface area contributed by atoms with Gasteiger partial charge in [-0.25, -0.2) is 0 Å². The molecule has 5 nitrogen and oxygen atoms in total. The van der Waals surface area contributed by atoms with Crippen LogP contribution in [-0.4, -0.2) is 53.5 Å². The number of carbonyl (C=O) groups excluding carboxylic acids is 1. The van der Waals surface area contributed by atoms with Crippen LogP contribution in [0.5, 0.6) is 5.75 Å². The molecule has 0 radical (unpaired) electrons. The van der Waals surface area contributed by atoms with Crippen LogP contribution in [0.2, 0.25) is 0 Å². The average Bonchev–Trinajstić information content (AvgIpc) is 2.94. The first-order chi connectivity index (χ1) is 11.8. The van der Waals surface area contributed by atoms with Crippen LogP contribution in [0.25, 0.3) is 0 Å². The first kappa shape index (κ1) is 16.9. The molecule has 3 rings (SSSR count). The molecule has 128 valence electrons. The lowest BCUT2D eigenvalue weighted by Crippen LogP contribution is -2.35. The first-order valence-electron chi connectivity index (χ1n) is 8.39. The van der Waals surface area contributed by atoms with E-state index in [0.717, 1.165) is 49.7 Å². The van der Waals surface area contributed by atoms with Crippen LogP contribution in [0.4, 0.5) is 0 Å². The Morgan fingerprint density at radius 1 is 1.25 bits per heavy atom. The van der Waals surface area contributed by atoms with Gasteiger partial charge >= 0.3 is 0 Å². The van der Waals surface area contributed by atoms with Gasteiger partial charge in [-0.3, -0.25) is 14.7 Å². The summed E-state index contributed by atoms with van der Waals surface area (Å²) in [6.07, 6.45) is 2.81. The largest absolute Gasteiger partial charge is 0.492 e. The zero-order chi connectivity index (χ0) is 16.8. The number of pyridine rings is 1. The van der Waals surface area contributed by atoms with Crippen LogP contribution in [0.15, 0.2) is 35.8 Å². The number of hydrogen-bond acceptors (Lipinski definition) is 5. The summed E-state index contributed by atoms with van der Waals surface area (Å²) >= 11 is 1.46. The van der Waals surface area contributed by atoms with Crippen LogP contribution in [0.1, 0.15) is 28.7 Å². The molecular formula is C18H23N3O2S. The average molecular weight is 345 g/mol. The lowest BCUT2D eigenvalue weighted by Gasteiger charge is -2.21. The van der Waals surface area contributed by atoms with Crippen LogP contribution in [-0.2, 0) is 6.54 Å². The Hall–Kier alpha value is -1.92. The maximum absolute atomic E-state index is 12.8. The van der Waals surface area contributed by atoms with Crippen molar-refractivity contribution in [3.8, 4) is 5.75 Å². The molecule has 1 aliphatic rings. The van der Waals surface area contributed by atoms with Gasteiger partial charge in [0.25, 0.3) is 5.91 Å². The van der Waals surface area contributed by atoms with E-state index >= 15 is 0 Å². The Labute approximate surface area is 146 Å². The van der Waals surface area contributed by atoms with Crippen LogP contribution in [0.3, 0.4) is 0 Å². The molecule has 0 saturated carbocycles. The Bertz CT molecular complexity index is 659. The molecule has 2 aromatic heterocycles. The van der Waals surface area contributed by atoms with Gasteiger partial charge in [-0.1, -0.05) is 6.07 Å². The van der Waals surface area contributed by atoms with Gasteiger partial charge in [0.05, 0.1) is 12.3 Å². The second kappa shape index (κ2) is 8.26. The summed E-state index contributed by atoms with van der Waals surface area (Å²) in [5.74, 6) is 0.801. The lowest BCUT2D eigenvalue weighted by molar-refractivity contribution is 0.0762. The molecule has 1 amide bonds. The van der Waals surface area contributed by atoms with Crippen molar-refractivity contribution in [3.63, 3.8) is 0 Å². The fourth-order valence-electron chi connectivity index (χ4n) is 2.92. The van der Waals surface area contributed by atoms with Gasteiger partial charge in [0, 0.05) is 38.9 Å². The molecule has 1 saturated heterocycles. The summed E-state index contributed by atoms with van der Waals surface area (Å²) in [7, 11) is 0. The van der Waals surface area contributed by atoms with Crippen molar-refractivity contribution < 1.29 is 9.53 Å². The number of ether oxygens (including phenoxy) is 1. The smallest absolute Gasteiger partial charge is 0.267 e. The molecule has 1 fully saturated rings. The number of carbonyl (C=O) groups is 1. The molecular weight excluding hydrogens is 322 g/mol. The molecule has 0 atom stereocenters. The summed E-state index contributed by atoms with van der Waals surface area (Å²) < 4.78 is 5.56. The molecule has 3 heterocycles. The number of nitrogens with zero attached hydrogens (tertiary/aromatic N) is 3. The minimum Gasteiger partial charge on any atom is -0.492 e. The van der Waals surface area contributed by atoms with Crippen molar-refractivity contribution in [2.24, 2.45) is 0 Å². The molecule has 0 aromatic carbocycles. The highest BCUT2D eigenvalue weighted by Crippen LogP contribution is 2.26. The van der Waals surface area contributed by atoms with Crippen LogP contribution >= 0.6 is 11.3 Å². The summed E-state index contributed by atoms with van der Waals surface area (Å²) in [5, 5.41) is 1.92. The van der Waals surface area contributed by atoms with E-state index in [9.17, 15) is 4.79 Å². The first-order valence-corrected chi connectivity index (χ1v) is 9.27. The van der Waals surface area contributed by atoms with E-state index in [2.05, 4.69) is 9.88 Å². The Kier molecular flexibility index (Phi) is 5.82. The highest BCUT2D eigenvalue weighted by atomic mass is 32.1. The minimum absolute atomic E-state index is 0.0909. The van der Waals surface area contributed by atoms with Crippen molar-refractivity contribution in [2.75, 3.05) is 32.8 Å². The molecule has 2 aromatic rings. The number of hydrogen-bond donors (Lipinski definition) is 0. The van der Waals surface area contributed by atoms with Crippen molar-refractivity contribution >= 4 is 17.2 Å². The predicted octanol–water partition coefficient (Wildman–Crippen LogP) is 2.89. The molecule has 0 aliphatic carbocycles. The number of amides is 1. The third-order valence-corrected chi connectivity index (χ3v) is 4.99. The van der Waals surface area contributed by atoms with Gasteiger partial charge in [0.2, 0.25) is 0 Å². The fourth-order valence-corrected chi connectivity index (χ4v) is 3.72. The van der Waals surface area contributed by atoms with E-state index in [1.54, 1.807) is 0 Å². The van der Waals surface area contributed by atoms with Gasteiger partial charge in [-0.2, -0.15) is 0 Å². The summed E-state index contributed by atoms with van der Waals surface area (Å²) in [5.41, 5.74) is 1.08. The third kappa shape index (κ3) is 4.13. The molecule has 0 bridgehead atoms. The Balaban J connectivity index is 1.60. The van der Waals surface area contributed by atoms with Crippen LogP contribution in [0, 0.1) is 0 Å². The normalized spacial score (nSPS) is 16.0. The molecule has 0 spiro atoms. The Morgan fingerprint density at radius 3 is 2.96 bits per heavy atom. The van der Waals surface area contributed by atoms with E-state index in [1.165, 1.54) is 11.3 Å². The third-order valence-electron chi connectivity index (χ3n) is 4.11. The van der Waals surface area contributed by atoms with Gasteiger partial charge in [-0.05, 0) is 36.9 Å². The van der Waals surface area contributed by atoms with E-state index in [-0.39, 0.29) is 5.91 Å². The number of aromatic nitrogens is 1. The van der Waals surface area contributed by atoms with Gasteiger partial charge < -0.3 is 9.64 Å². The molecule has 1 aliphatic heterocycles. The highest BCUT2D eigenvalue weighted by molar-refractivity contribution is 7.12. The molecule has 6 heteroatoms. The van der Waals surface area contributed by atoms with E-state index in [1.807, 2.05) is 47.7 Å². The molecule has 24 heavy (non-hydrogen) atoms. The second-order valence-electron chi connectivity index (χ2n) is 5.79. The second-order valence-corrected chi connectivity index (χ2v) is 6.71. The van der Waals surface area contributed by atoms with E-state index in [0.29, 0.717) is 12.4 Å². The summed E-state index contributed by atoms with van der Waals surface area (Å²) in [6, 6.07) is 7.88. The predicted molar refractivity (Wildman–Crippen MR) is 95.5 cm³/mol. The van der Waals surface area contributed by atoms with Gasteiger partial charge in [0.1, 0.15) is 10.6 Å². The molecule has 0 N–H and O–H groups in total. The van der Waals surface area contributed by atoms with E-state index in [4.69, 9.17) is 4.74 Å². The summed E-state index contributed by atoms with van der Waals surface area (Å²) in [6.45, 7) is 6.76. The summed E-state index contributed by atoms with van der Waals surface area (Å²) in [4.78, 5) is 22.2. The van der Waals surface area contributed by atoms with Gasteiger partial charge in [0.15, 0.2) is 0 Å². The van der Waals surface area contributed by atoms with Gasteiger partial charge in [-0.15, -0.1) is 11.3 Å². The van der Waals surface area contributed by atoms with Crippen LogP contribution < -0.4 is 4.74 Å². The number of rotatable bonds is 5. The van der Waals surface area contributed by atoms with Crippen molar-refractivity contribution in [1.82, 2.24) is 14.8 Å². The Morgan fingerprint density at radius 2 is 2.17 bits per heavy atom. The standard InChI is InChI=1S/C18H23N3O2S/c1-2-23-16-7-13-24-17(16)18(22)21-10-5-9-20(11-12-21)14-15-6-3-4-8-19-15/h3-4,6-8,13H,2,5,9-12,14H2,1H3. The number of thiophene rings is 1. The lowest BCUT2D eigenvalue weighted by atomic mass is 10.3. The quantitative estimate of drug-likeness (QED) is 0.836. The fraction of sp³-hybridized carbons (Fsp3) is 0.444. The SMILES string of the molecule is CCOc1ccsc1C(=O)N1CCCN(Cc2ccccn2)CC1. The van der Waals surface area contributed by atoms with Crippen molar-refractivity contribution in [3.05, 3.63) is 46.4 Å². The zero-order valence-electron chi connectivity index (χ0n) is 14.0. The topological polar surface area (TPSA) is 45.7 Å². The monoisotopic (exact) mass is 345 g/mol. The minimum atomic E-state index is 0.0909. The maximum Gasteiger partial charge on any atom is 0.267 e. The maximum atomic E-state index is 12.8.